The Kier molecular flexibility index (Phi) is 4.03. The first-order valence-corrected chi connectivity index (χ1v) is 8.06. The third-order valence-electron chi connectivity index (χ3n) is 4.68. The molecule has 1 aromatic heterocycles. The molecule has 0 radical (unpaired) electrons. The van der Waals surface area contributed by atoms with E-state index in [1.165, 1.54) is 7.11 Å². The van der Waals surface area contributed by atoms with Crippen molar-refractivity contribution in [2.24, 2.45) is 5.41 Å². The first-order valence-electron chi connectivity index (χ1n) is 8.06. The van der Waals surface area contributed by atoms with Gasteiger partial charge in [0.05, 0.1) is 12.7 Å². The maximum absolute atomic E-state index is 12.9. The number of hydrogen-bond acceptors (Lipinski definition) is 5. The lowest BCUT2D eigenvalue weighted by molar-refractivity contribution is -0.136. The van der Waals surface area contributed by atoms with Gasteiger partial charge in [-0.2, -0.15) is 0 Å². The van der Waals surface area contributed by atoms with Gasteiger partial charge in [-0.1, -0.05) is 13.8 Å². The molecule has 1 N–H and O–H groups in total. The third kappa shape index (κ3) is 2.75. The highest BCUT2D eigenvalue weighted by molar-refractivity contribution is 6.04. The lowest BCUT2D eigenvalue weighted by Crippen LogP contribution is -2.38. The van der Waals surface area contributed by atoms with Crippen LogP contribution in [-0.2, 0) is 14.3 Å². The van der Waals surface area contributed by atoms with E-state index in [0.29, 0.717) is 17.6 Å². The molecule has 0 fully saturated rings. The van der Waals surface area contributed by atoms with Crippen LogP contribution in [-0.4, -0.2) is 23.8 Å². The van der Waals surface area contributed by atoms with Crippen molar-refractivity contribution in [3.8, 4) is 0 Å². The Morgan fingerprint density at radius 1 is 1.29 bits per heavy atom. The Morgan fingerprint density at radius 2 is 1.96 bits per heavy atom. The van der Waals surface area contributed by atoms with Crippen LogP contribution < -0.4 is 5.32 Å². The molecule has 0 saturated carbocycles. The number of nitrogens with zero attached hydrogens (tertiary/aromatic N) is 1. The maximum Gasteiger partial charge on any atom is 0.336 e. The second-order valence-electron chi connectivity index (χ2n) is 7.20. The Hall–Kier alpha value is -2.43. The van der Waals surface area contributed by atoms with Gasteiger partial charge < -0.3 is 10.1 Å². The van der Waals surface area contributed by atoms with Gasteiger partial charge in [0.2, 0.25) is 0 Å². The molecule has 0 bridgehead atoms. The molecule has 0 amide bonds. The average Bonchev–Trinajstić information content (AvgIpc) is 2.52. The fraction of sp³-hybridized carbons (Fsp3) is 0.421. The highest BCUT2D eigenvalue weighted by Crippen LogP contribution is 2.46. The summed E-state index contributed by atoms with van der Waals surface area (Å²) in [5.41, 5.74) is 3.64. The molecule has 3 rings (SSSR count). The van der Waals surface area contributed by atoms with Gasteiger partial charge in [0.1, 0.15) is 0 Å². The Labute approximate surface area is 141 Å². The third-order valence-corrected chi connectivity index (χ3v) is 4.68. The first kappa shape index (κ1) is 16.4. The molecular weight excluding hydrogens is 304 g/mol. The number of ketones is 1. The van der Waals surface area contributed by atoms with Crippen LogP contribution in [0.25, 0.3) is 0 Å². The minimum atomic E-state index is -0.411. The summed E-state index contributed by atoms with van der Waals surface area (Å²) in [7, 11) is 1.36. The van der Waals surface area contributed by atoms with Crippen LogP contribution in [0.1, 0.15) is 45.1 Å². The van der Waals surface area contributed by atoms with Crippen LogP contribution in [0.2, 0.25) is 0 Å². The van der Waals surface area contributed by atoms with Crippen LogP contribution in [0.15, 0.2) is 47.1 Å². The van der Waals surface area contributed by atoms with Gasteiger partial charge in [-0.15, -0.1) is 0 Å². The molecule has 1 unspecified atom stereocenters. The smallest absolute Gasteiger partial charge is 0.336 e. The number of pyridine rings is 1. The van der Waals surface area contributed by atoms with Crippen molar-refractivity contribution in [1.29, 1.82) is 0 Å². The standard InChI is InChI=1S/C19H22N2O3/c1-11-15(18(23)24-4)16(12-5-7-20-8-6-12)17-13(21-11)9-19(2,3)10-14(17)22/h5-8,16,21H,9-10H2,1-4H3. The second kappa shape index (κ2) is 5.89. The van der Waals surface area contributed by atoms with Gasteiger partial charge in [0, 0.05) is 41.7 Å². The van der Waals surface area contributed by atoms with Gasteiger partial charge >= 0.3 is 5.97 Å². The number of Topliss-reactive ketones (excluding diaryl/α,β-unsaturated/α-hetero) is 1. The van der Waals surface area contributed by atoms with E-state index in [1.54, 1.807) is 12.4 Å². The van der Waals surface area contributed by atoms with Crippen molar-refractivity contribution >= 4 is 11.8 Å². The largest absolute Gasteiger partial charge is 0.466 e. The van der Waals surface area contributed by atoms with Gasteiger partial charge in [0.15, 0.2) is 5.78 Å². The minimum absolute atomic E-state index is 0.0875. The number of carbonyl (C=O) groups excluding carboxylic acids is 2. The van der Waals surface area contributed by atoms with Crippen molar-refractivity contribution in [3.05, 3.63) is 52.6 Å². The molecule has 126 valence electrons. The van der Waals surface area contributed by atoms with Crippen molar-refractivity contribution < 1.29 is 14.3 Å². The molecule has 2 heterocycles. The summed E-state index contributed by atoms with van der Waals surface area (Å²) >= 11 is 0. The number of ether oxygens (including phenoxy) is 1. The molecule has 0 saturated heterocycles. The number of nitrogens with one attached hydrogen (secondary N) is 1. The lowest BCUT2D eigenvalue weighted by Gasteiger charge is -2.39. The van der Waals surface area contributed by atoms with Crippen LogP contribution in [0.4, 0.5) is 0 Å². The number of esters is 1. The predicted octanol–water partition coefficient (Wildman–Crippen LogP) is 2.86. The van der Waals surface area contributed by atoms with Gasteiger partial charge in [0.25, 0.3) is 0 Å². The number of rotatable bonds is 2. The summed E-state index contributed by atoms with van der Waals surface area (Å²) in [4.78, 5) is 29.3. The number of aromatic nitrogens is 1. The Bertz CT molecular complexity index is 760. The highest BCUT2D eigenvalue weighted by Gasteiger charge is 2.42. The van der Waals surface area contributed by atoms with E-state index in [2.05, 4.69) is 24.1 Å². The number of hydrogen-bond donors (Lipinski definition) is 1. The first-order chi connectivity index (χ1) is 11.3. The van der Waals surface area contributed by atoms with Gasteiger partial charge in [-0.25, -0.2) is 4.79 Å². The van der Waals surface area contributed by atoms with Crippen LogP contribution in [0.3, 0.4) is 0 Å². The molecule has 1 aliphatic heterocycles. The molecule has 0 aromatic carbocycles. The number of carbonyl (C=O) groups is 2. The molecule has 5 heteroatoms. The fourth-order valence-electron chi connectivity index (χ4n) is 3.71. The van der Waals surface area contributed by atoms with Gasteiger partial charge in [-0.3, -0.25) is 9.78 Å². The SMILES string of the molecule is COC(=O)C1=C(C)NC2=C(C(=O)CC(C)(C)C2)C1c1ccncc1. The van der Waals surface area contributed by atoms with E-state index in [4.69, 9.17) is 4.74 Å². The number of allylic oxidation sites excluding steroid dienone is 3. The molecule has 1 aromatic rings. The second-order valence-corrected chi connectivity index (χ2v) is 7.20. The van der Waals surface area contributed by atoms with E-state index in [0.717, 1.165) is 23.4 Å². The normalized spacial score (nSPS) is 22.8. The zero-order chi connectivity index (χ0) is 17.5. The summed E-state index contributed by atoms with van der Waals surface area (Å²) in [6, 6.07) is 3.70. The number of methoxy groups -OCH3 is 1. The predicted molar refractivity (Wildman–Crippen MR) is 89.9 cm³/mol. The molecule has 0 spiro atoms. The van der Waals surface area contributed by atoms with Crippen LogP contribution >= 0.6 is 0 Å². The highest BCUT2D eigenvalue weighted by atomic mass is 16.5. The van der Waals surface area contributed by atoms with Crippen molar-refractivity contribution in [2.45, 2.75) is 39.5 Å². The maximum atomic E-state index is 12.9. The monoisotopic (exact) mass is 326 g/mol. The molecule has 2 aliphatic rings. The quantitative estimate of drug-likeness (QED) is 0.847. The zero-order valence-electron chi connectivity index (χ0n) is 14.5. The van der Waals surface area contributed by atoms with Crippen molar-refractivity contribution in [2.75, 3.05) is 7.11 Å². The van der Waals surface area contributed by atoms with E-state index >= 15 is 0 Å². The van der Waals surface area contributed by atoms with E-state index in [9.17, 15) is 9.59 Å². The topological polar surface area (TPSA) is 68.3 Å². The molecule has 1 aliphatic carbocycles. The minimum Gasteiger partial charge on any atom is -0.466 e. The average molecular weight is 326 g/mol. The van der Waals surface area contributed by atoms with E-state index in [1.807, 2.05) is 19.1 Å². The zero-order valence-corrected chi connectivity index (χ0v) is 14.5. The summed E-state index contributed by atoms with van der Waals surface area (Å²) < 4.78 is 4.98. The summed E-state index contributed by atoms with van der Waals surface area (Å²) in [6.07, 6.45) is 4.61. The number of dihydropyridines is 1. The van der Waals surface area contributed by atoms with Crippen LogP contribution in [0, 0.1) is 5.41 Å². The fourth-order valence-corrected chi connectivity index (χ4v) is 3.71. The van der Waals surface area contributed by atoms with Crippen LogP contribution in [0.5, 0.6) is 0 Å². The molecule has 5 nitrogen and oxygen atoms in total. The van der Waals surface area contributed by atoms with Crippen molar-refractivity contribution in [1.82, 2.24) is 10.3 Å². The van der Waals surface area contributed by atoms with E-state index in [-0.39, 0.29) is 11.2 Å². The molecule has 1 atom stereocenters. The van der Waals surface area contributed by atoms with E-state index < -0.39 is 11.9 Å². The van der Waals surface area contributed by atoms with Gasteiger partial charge in [-0.05, 0) is 36.5 Å². The molecular formula is C19H22N2O3. The summed E-state index contributed by atoms with van der Waals surface area (Å²) in [6.45, 7) is 6.04. The Morgan fingerprint density at radius 3 is 2.58 bits per heavy atom. The lowest BCUT2D eigenvalue weighted by atomic mass is 9.69. The molecule has 24 heavy (non-hydrogen) atoms. The Balaban J connectivity index is 2.19. The summed E-state index contributed by atoms with van der Waals surface area (Å²) in [5.74, 6) is -0.726. The van der Waals surface area contributed by atoms with Crippen molar-refractivity contribution in [3.63, 3.8) is 0 Å². The summed E-state index contributed by atoms with van der Waals surface area (Å²) in [5, 5.41) is 3.29.